The van der Waals surface area contributed by atoms with E-state index in [-0.39, 0.29) is 17.2 Å². The number of anilines is 1. The van der Waals surface area contributed by atoms with Gasteiger partial charge in [0.05, 0.1) is 17.2 Å². The van der Waals surface area contributed by atoms with E-state index in [4.69, 9.17) is 16.3 Å². The first kappa shape index (κ1) is 20.6. The molecule has 148 valence electrons. The molecule has 0 bridgehead atoms. The van der Waals surface area contributed by atoms with E-state index in [1.165, 1.54) is 35.6 Å². The van der Waals surface area contributed by atoms with E-state index in [1.54, 1.807) is 13.0 Å². The molecule has 1 atom stereocenters. The van der Waals surface area contributed by atoms with Gasteiger partial charge in [0, 0.05) is 16.5 Å². The number of rotatable bonds is 5. The molecule has 28 heavy (non-hydrogen) atoms. The topological polar surface area (TPSA) is 55.4 Å². The second kappa shape index (κ2) is 8.88. The van der Waals surface area contributed by atoms with Gasteiger partial charge >= 0.3 is 5.97 Å². The van der Waals surface area contributed by atoms with Crippen LogP contribution in [0.25, 0.3) is 6.08 Å². The number of hydrogen-bond acceptors (Lipinski definition) is 4. The first-order chi connectivity index (χ1) is 13.4. The average Bonchev–Trinajstić information content (AvgIpc) is 2.98. The van der Waals surface area contributed by atoms with Crippen molar-refractivity contribution in [3.05, 3.63) is 56.7 Å². The maximum atomic E-state index is 13.8. The zero-order valence-corrected chi connectivity index (χ0v) is 17.3. The van der Waals surface area contributed by atoms with Crippen molar-refractivity contribution >= 4 is 45.9 Å². The summed E-state index contributed by atoms with van der Waals surface area (Å²) in [7, 11) is 0. The molecule has 1 aromatic heterocycles. The van der Waals surface area contributed by atoms with Gasteiger partial charge in [0.1, 0.15) is 10.8 Å². The van der Waals surface area contributed by atoms with Crippen LogP contribution < -0.4 is 5.32 Å². The van der Waals surface area contributed by atoms with Crippen LogP contribution in [0.3, 0.4) is 0 Å². The lowest BCUT2D eigenvalue weighted by Crippen LogP contribution is -2.15. The molecule has 1 unspecified atom stereocenters. The third kappa shape index (κ3) is 4.45. The Balaban J connectivity index is 1.86. The highest BCUT2D eigenvalue weighted by Gasteiger charge is 2.28. The molecular formula is C21H21ClFNO3S. The summed E-state index contributed by atoms with van der Waals surface area (Å²) in [6, 6.07) is 4.32. The second-order valence-electron chi connectivity index (χ2n) is 6.73. The van der Waals surface area contributed by atoms with E-state index in [2.05, 4.69) is 12.2 Å². The molecule has 0 radical (unpaired) electrons. The maximum Gasteiger partial charge on any atom is 0.341 e. The molecule has 0 saturated carbocycles. The van der Waals surface area contributed by atoms with Crippen molar-refractivity contribution in [2.75, 3.05) is 11.9 Å². The van der Waals surface area contributed by atoms with E-state index in [0.29, 0.717) is 16.5 Å². The van der Waals surface area contributed by atoms with Crippen LogP contribution in [0.15, 0.2) is 24.3 Å². The van der Waals surface area contributed by atoms with E-state index in [1.807, 2.05) is 0 Å². The zero-order valence-electron chi connectivity index (χ0n) is 15.7. The fourth-order valence-corrected chi connectivity index (χ4v) is 4.87. The fourth-order valence-electron chi connectivity index (χ4n) is 3.24. The average molecular weight is 422 g/mol. The van der Waals surface area contributed by atoms with Gasteiger partial charge in [-0.25, -0.2) is 9.18 Å². The van der Waals surface area contributed by atoms with Crippen molar-refractivity contribution in [1.82, 2.24) is 0 Å². The SMILES string of the molecule is CCOC(=O)c1c(NC(=O)/C=C/c2c(F)cccc2Cl)sc2c1CCC(C)C2. The number of fused-ring (bicyclic) bond motifs is 1. The minimum Gasteiger partial charge on any atom is -0.462 e. The summed E-state index contributed by atoms with van der Waals surface area (Å²) in [4.78, 5) is 26.0. The number of nitrogens with one attached hydrogen (secondary N) is 1. The monoisotopic (exact) mass is 421 g/mol. The van der Waals surface area contributed by atoms with Crippen LogP contribution in [-0.4, -0.2) is 18.5 Å². The Labute approximate surface area is 172 Å². The summed E-state index contributed by atoms with van der Waals surface area (Å²) in [5.74, 6) is -0.861. The normalized spacial score (nSPS) is 16.1. The summed E-state index contributed by atoms with van der Waals surface area (Å²) in [6.07, 6.45) is 5.20. The van der Waals surface area contributed by atoms with Gasteiger partial charge in [-0.05, 0) is 55.9 Å². The van der Waals surface area contributed by atoms with Crippen LogP contribution in [0, 0.1) is 11.7 Å². The molecule has 1 aliphatic rings. The van der Waals surface area contributed by atoms with Gasteiger partial charge in [0.2, 0.25) is 5.91 Å². The molecule has 0 fully saturated rings. The zero-order chi connectivity index (χ0) is 20.3. The lowest BCUT2D eigenvalue weighted by molar-refractivity contribution is -0.111. The number of halogens is 2. The molecule has 2 aromatic rings. The maximum absolute atomic E-state index is 13.8. The van der Waals surface area contributed by atoms with E-state index in [9.17, 15) is 14.0 Å². The molecule has 0 spiro atoms. The van der Waals surface area contributed by atoms with Crippen molar-refractivity contribution in [2.24, 2.45) is 5.92 Å². The van der Waals surface area contributed by atoms with Crippen molar-refractivity contribution < 1.29 is 18.7 Å². The highest BCUT2D eigenvalue weighted by Crippen LogP contribution is 2.40. The van der Waals surface area contributed by atoms with Crippen LogP contribution in [0.2, 0.25) is 5.02 Å². The Morgan fingerprint density at radius 3 is 2.93 bits per heavy atom. The Morgan fingerprint density at radius 2 is 2.21 bits per heavy atom. The first-order valence-electron chi connectivity index (χ1n) is 9.15. The van der Waals surface area contributed by atoms with Gasteiger partial charge in [-0.2, -0.15) is 0 Å². The number of carbonyl (C=O) groups excluding carboxylic acids is 2. The van der Waals surface area contributed by atoms with Crippen molar-refractivity contribution in [2.45, 2.75) is 33.1 Å². The fraction of sp³-hybridized carbons (Fsp3) is 0.333. The standard InChI is InChI=1S/C21H21ClFNO3S/c1-3-27-21(26)19-14-8-7-12(2)11-17(14)28-20(19)24-18(25)10-9-13-15(22)5-4-6-16(13)23/h4-6,9-10,12H,3,7-8,11H2,1-2H3,(H,24,25)/b10-9+. The molecule has 1 aliphatic carbocycles. The largest absolute Gasteiger partial charge is 0.462 e. The van der Waals surface area contributed by atoms with Gasteiger partial charge in [0.25, 0.3) is 0 Å². The Kier molecular flexibility index (Phi) is 6.52. The van der Waals surface area contributed by atoms with Crippen LogP contribution >= 0.6 is 22.9 Å². The van der Waals surface area contributed by atoms with E-state index in [0.717, 1.165) is 29.7 Å². The molecule has 3 rings (SSSR count). The molecule has 0 aliphatic heterocycles. The number of esters is 1. The third-order valence-corrected chi connectivity index (χ3v) is 6.13. The number of carbonyl (C=O) groups is 2. The molecular weight excluding hydrogens is 401 g/mol. The number of thiophene rings is 1. The van der Waals surface area contributed by atoms with Gasteiger partial charge in [0.15, 0.2) is 0 Å². The Bertz CT molecular complexity index is 918. The second-order valence-corrected chi connectivity index (χ2v) is 8.25. The van der Waals surface area contributed by atoms with Gasteiger partial charge in [-0.15, -0.1) is 11.3 Å². The number of ether oxygens (including phenoxy) is 1. The van der Waals surface area contributed by atoms with Crippen LogP contribution in [0.1, 0.15) is 46.6 Å². The predicted octanol–water partition coefficient (Wildman–Crippen LogP) is 5.49. The van der Waals surface area contributed by atoms with Crippen molar-refractivity contribution in [3.8, 4) is 0 Å². The lowest BCUT2D eigenvalue weighted by Gasteiger charge is -2.18. The molecule has 4 nitrogen and oxygen atoms in total. The summed E-state index contributed by atoms with van der Waals surface area (Å²) < 4.78 is 19.0. The first-order valence-corrected chi connectivity index (χ1v) is 10.3. The third-order valence-electron chi connectivity index (χ3n) is 4.63. The van der Waals surface area contributed by atoms with Gasteiger partial charge < -0.3 is 10.1 Å². The summed E-state index contributed by atoms with van der Waals surface area (Å²) >= 11 is 7.38. The summed E-state index contributed by atoms with van der Waals surface area (Å²) in [5, 5.41) is 3.46. The van der Waals surface area contributed by atoms with E-state index < -0.39 is 17.7 Å². The molecule has 1 N–H and O–H groups in total. The smallest absolute Gasteiger partial charge is 0.341 e. The molecule has 1 heterocycles. The van der Waals surface area contributed by atoms with Crippen LogP contribution in [0.4, 0.5) is 9.39 Å². The minimum absolute atomic E-state index is 0.143. The van der Waals surface area contributed by atoms with Crippen LogP contribution in [-0.2, 0) is 22.4 Å². The Morgan fingerprint density at radius 1 is 1.43 bits per heavy atom. The summed E-state index contributed by atoms with van der Waals surface area (Å²) in [6.45, 7) is 4.18. The highest BCUT2D eigenvalue weighted by molar-refractivity contribution is 7.17. The molecule has 7 heteroatoms. The number of benzene rings is 1. The lowest BCUT2D eigenvalue weighted by atomic mass is 9.88. The highest BCUT2D eigenvalue weighted by atomic mass is 35.5. The summed E-state index contributed by atoms with van der Waals surface area (Å²) in [5.41, 5.74) is 1.56. The molecule has 0 saturated heterocycles. The van der Waals surface area contributed by atoms with E-state index >= 15 is 0 Å². The number of amides is 1. The molecule has 1 amide bonds. The van der Waals surface area contributed by atoms with Crippen molar-refractivity contribution in [3.63, 3.8) is 0 Å². The number of hydrogen-bond donors (Lipinski definition) is 1. The van der Waals surface area contributed by atoms with Gasteiger partial charge in [-0.3, -0.25) is 4.79 Å². The van der Waals surface area contributed by atoms with Crippen molar-refractivity contribution in [1.29, 1.82) is 0 Å². The quantitative estimate of drug-likeness (QED) is 0.512. The Hall–Kier alpha value is -2.18. The predicted molar refractivity (Wildman–Crippen MR) is 111 cm³/mol. The van der Waals surface area contributed by atoms with Crippen LogP contribution in [0.5, 0.6) is 0 Å². The minimum atomic E-state index is -0.510. The molecule has 1 aromatic carbocycles. The van der Waals surface area contributed by atoms with Gasteiger partial charge in [-0.1, -0.05) is 24.6 Å².